The van der Waals surface area contributed by atoms with E-state index in [0.29, 0.717) is 34.4 Å². The summed E-state index contributed by atoms with van der Waals surface area (Å²) in [4.78, 5) is 16.2. The van der Waals surface area contributed by atoms with Crippen LogP contribution < -0.4 is 10.1 Å². The zero-order chi connectivity index (χ0) is 22.2. The first-order valence-corrected chi connectivity index (χ1v) is 11.2. The predicted molar refractivity (Wildman–Crippen MR) is 119 cm³/mol. The van der Waals surface area contributed by atoms with Crippen molar-refractivity contribution < 1.29 is 14.6 Å². The van der Waals surface area contributed by atoms with E-state index in [4.69, 9.17) is 26.4 Å². The van der Waals surface area contributed by atoms with Gasteiger partial charge in [-0.2, -0.15) is 5.26 Å². The van der Waals surface area contributed by atoms with Crippen LogP contribution in [0, 0.1) is 34.6 Å². The first-order valence-electron chi connectivity index (χ1n) is 10.8. The molecule has 0 aliphatic heterocycles. The van der Waals surface area contributed by atoms with E-state index in [1.54, 1.807) is 24.3 Å². The number of carboxylic acids is 1. The van der Waals surface area contributed by atoms with Crippen LogP contribution in [0.1, 0.15) is 46.0 Å². The van der Waals surface area contributed by atoms with E-state index >= 15 is 0 Å². The molecular weight excluding hydrogens is 414 g/mol. The second-order valence-electron chi connectivity index (χ2n) is 9.78. The maximum absolute atomic E-state index is 11.1. The lowest BCUT2D eigenvalue weighted by Gasteiger charge is -2.58. The highest BCUT2D eigenvalue weighted by atomic mass is 35.5. The summed E-state index contributed by atoms with van der Waals surface area (Å²) >= 11 is 5.97. The Balaban J connectivity index is 1.57. The number of halogens is 1. The largest absolute Gasteiger partial charge is 0.480 e. The lowest BCUT2D eigenvalue weighted by Crippen LogP contribution is -2.54. The lowest BCUT2D eigenvalue weighted by atomic mass is 9.48. The molecule has 2 N–H and O–H groups in total. The third kappa shape index (κ3) is 4.57. The molecular formula is C24H28ClN3O3. The quantitative estimate of drug-likeness (QED) is 0.217. The Bertz CT molecular complexity index is 932. The van der Waals surface area contributed by atoms with Crippen LogP contribution in [0.15, 0.2) is 41.4 Å². The van der Waals surface area contributed by atoms with Crippen molar-refractivity contribution in [2.24, 2.45) is 28.2 Å². The molecule has 31 heavy (non-hydrogen) atoms. The number of hydrogen-bond donors (Lipinski definition) is 2. The number of hydrogen-bond acceptors (Lipinski definition) is 4. The van der Waals surface area contributed by atoms with Crippen LogP contribution in [0.2, 0.25) is 5.02 Å². The van der Waals surface area contributed by atoms with Crippen molar-refractivity contribution >= 4 is 23.4 Å². The van der Waals surface area contributed by atoms with Crippen LogP contribution in [0.3, 0.4) is 0 Å². The molecule has 164 valence electrons. The molecule has 7 heteroatoms. The predicted octanol–water partition coefficient (Wildman–Crippen LogP) is 4.80. The first kappa shape index (κ1) is 21.7. The SMILES string of the molecule is CC(C)(Oc1ccc(Cl)cc1)C(=NC1C2CC3CC1CC(/C=C/C(=O)O)(C3)C2)NC#N. The second-order valence-corrected chi connectivity index (χ2v) is 10.2. The standard InChI is InChI=1S/C24H28ClN3O3/c1-23(2,31-19-5-3-18(25)4-6-19)22(27-14-26)28-21-16-9-15-10-17(21)13-24(11-15,12-16)8-7-20(29)30/h3-8,15-17,21H,9-13H2,1-2H3,(H,27,28)(H,29,30)/b8-7+. The van der Waals surface area contributed by atoms with Crippen molar-refractivity contribution in [3.8, 4) is 11.9 Å². The van der Waals surface area contributed by atoms with Crippen LogP contribution in [0.5, 0.6) is 5.75 Å². The number of ether oxygens (including phenoxy) is 1. The number of nitriles is 1. The maximum Gasteiger partial charge on any atom is 0.327 e. The van der Waals surface area contributed by atoms with Gasteiger partial charge in [0.15, 0.2) is 17.6 Å². The van der Waals surface area contributed by atoms with Crippen molar-refractivity contribution in [2.45, 2.75) is 57.6 Å². The Morgan fingerprint density at radius 1 is 1.29 bits per heavy atom. The van der Waals surface area contributed by atoms with Crippen LogP contribution in [0.25, 0.3) is 0 Å². The van der Waals surface area contributed by atoms with Crippen molar-refractivity contribution in [3.63, 3.8) is 0 Å². The number of nitrogens with one attached hydrogen (secondary N) is 1. The number of allylic oxidation sites excluding steroid dienone is 1. The molecule has 0 saturated heterocycles. The van der Waals surface area contributed by atoms with Gasteiger partial charge in [0.25, 0.3) is 0 Å². The van der Waals surface area contributed by atoms with Crippen LogP contribution >= 0.6 is 11.6 Å². The highest BCUT2D eigenvalue weighted by molar-refractivity contribution is 6.30. The van der Waals surface area contributed by atoms with E-state index in [0.717, 1.165) is 32.1 Å². The highest BCUT2D eigenvalue weighted by Gasteiger charge is 2.54. The fourth-order valence-corrected chi connectivity index (χ4v) is 6.24. The molecule has 4 bridgehead atoms. The molecule has 0 radical (unpaired) electrons. The van der Waals surface area contributed by atoms with Gasteiger partial charge in [0, 0.05) is 11.1 Å². The molecule has 0 aromatic heterocycles. The summed E-state index contributed by atoms with van der Waals surface area (Å²) in [5.74, 6) is 1.72. The summed E-state index contributed by atoms with van der Waals surface area (Å²) in [6, 6.07) is 7.25. The van der Waals surface area contributed by atoms with Gasteiger partial charge in [-0.05, 0) is 93.4 Å². The van der Waals surface area contributed by atoms with Gasteiger partial charge < -0.3 is 9.84 Å². The first-order chi connectivity index (χ1) is 14.7. The Hall–Kier alpha value is -2.52. The minimum Gasteiger partial charge on any atom is -0.480 e. The van der Waals surface area contributed by atoms with E-state index in [9.17, 15) is 10.1 Å². The smallest absolute Gasteiger partial charge is 0.327 e. The van der Waals surface area contributed by atoms with Crippen molar-refractivity contribution in [1.82, 2.24) is 5.32 Å². The van der Waals surface area contributed by atoms with E-state index < -0.39 is 11.6 Å². The summed E-state index contributed by atoms with van der Waals surface area (Å²) in [7, 11) is 0. The maximum atomic E-state index is 11.1. The van der Waals surface area contributed by atoms with Gasteiger partial charge in [0.05, 0.1) is 6.04 Å². The third-order valence-electron chi connectivity index (χ3n) is 7.06. The Kier molecular flexibility index (Phi) is 5.74. The molecule has 1 aromatic rings. The zero-order valence-electron chi connectivity index (χ0n) is 17.8. The third-order valence-corrected chi connectivity index (χ3v) is 7.31. The molecule has 0 spiro atoms. The molecule has 0 heterocycles. The summed E-state index contributed by atoms with van der Waals surface area (Å²) in [6.45, 7) is 3.80. The number of carbonyl (C=O) groups is 1. The average molecular weight is 442 g/mol. The Morgan fingerprint density at radius 2 is 1.94 bits per heavy atom. The molecule has 4 saturated carbocycles. The number of nitrogens with zero attached hydrogens (tertiary/aromatic N) is 2. The molecule has 4 aliphatic rings. The van der Waals surface area contributed by atoms with E-state index in [1.807, 2.05) is 26.1 Å². The number of aliphatic imine (C=N–C) groups is 1. The molecule has 5 rings (SSSR count). The van der Waals surface area contributed by atoms with Gasteiger partial charge in [-0.15, -0.1) is 0 Å². The lowest BCUT2D eigenvalue weighted by molar-refractivity contribution is -0.131. The van der Waals surface area contributed by atoms with Gasteiger partial charge in [-0.3, -0.25) is 10.3 Å². The highest BCUT2D eigenvalue weighted by Crippen LogP contribution is 2.61. The summed E-state index contributed by atoms with van der Waals surface area (Å²) in [6.07, 6.45) is 10.5. The monoisotopic (exact) mass is 441 g/mol. The van der Waals surface area contributed by atoms with Crippen LogP contribution in [-0.2, 0) is 4.79 Å². The van der Waals surface area contributed by atoms with Gasteiger partial charge in [-0.25, -0.2) is 4.79 Å². The fraction of sp³-hybridized carbons (Fsp3) is 0.542. The zero-order valence-corrected chi connectivity index (χ0v) is 18.6. The Labute approximate surface area is 188 Å². The van der Waals surface area contributed by atoms with E-state index in [-0.39, 0.29) is 11.5 Å². The van der Waals surface area contributed by atoms with Gasteiger partial charge in [0.2, 0.25) is 0 Å². The number of carboxylic acid groups (broad SMARTS) is 1. The molecule has 2 atom stereocenters. The number of rotatable bonds is 6. The number of benzene rings is 1. The van der Waals surface area contributed by atoms with Crippen LogP contribution in [0.4, 0.5) is 0 Å². The average Bonchev–Trinajstić information content (AvgIpc) is 2.69. The van der Waals surface area contributed by atoms with E-state index in [1.165, 1.54) is 6.08 Å². The Morgan fingerprint density at radius 3 is 2.52 bits per heavy atom. The fourth-order valence-electron chi connectivity index (χ4n) is 6.11. The van der Waals surface area contributed by atoms with Crippen LogP contribution in [-0.4, -0.2) is 28.6 Å². The van der Waals surface area contributed by atoms with Crippen molar-refractivity contribution in [3.05, 3.63) is 41.4 Å². The molecule has 2 unspecified atom stereocenters. The van der Waals surface area contributed by atoms with Gasteiger partial charge in [0.1, 0.15) is 5.75 Å². The molecule has 4 aliphatic carbocycles. The number of aliphatic carboxylic acids is 1. The van der Waals surface area contributed by atoms with Crippen molar-refractivity contribution in [2.75, 3.05) is 0 Å². The van der Waals surface area contributed by atoms with E-state index in [2.05, 4.69) is 5.32 Å². The van der Waals surface area contributed by atoms with Crippen molar-refractivity contribution in [1.29, 1.82) is 5.26 Å². The number of amidine groups is 1. The normalized spacial score (nSPS) is 32.1. The molecule has 6 nitrogen and oxygen atoms in total. The minimum absolute atomic E-state index is 0.0148. The molecule has 4 fully saturated rings. The van der Waals surface area contributed by atoms with Gasteiger partial charge in [-0.1, -0.05) is 17.7 Å². The minimum atomic E-state index is -0.882. The topological polar surface area (TPSA) is 94.7 Å². The molecule has 1 aromatic carbocycles. The van der Waals surface area contributed by atoms with Gasteiger partial charge >= 0.3 is 5.97 Å². The summed E-state index contributed by atoms with van der Waals surface area (Å²) in [5, 5.41) is 21.9. The summed E-state index contributed by atoms with van der Waals surface area (Å²) in [5.41, 5.74) is -0.835. The molecule has 0 amide bonds. The second kappa shape index (κ2) is 8.20. The summed E-state index contributed by atoms with van der Waals surface area (Å²) < 4.78 is 6.17.